The van der Waals surface area contributed by atoms with E-state index in [2.05, 4.69) is 21.4 Å². The van der Waals surface area contributed by atoms with Crippen LogP contribution in [-0.2, 0) is 6.16 Å². The van der Waals surface area contributed by atoms with Gasteiger partial charge in [-0.1, -0.05) is 12.1 Å². The Morgan fingerprint density at radius 2 is 2.20 bits per heavy atom. The van der Waals surface area contributed by atoms with Gasteiger partial charge in [-0.05, 0) is 30.3 Å². The third-order valence-electron chi connectivity index (χ3n) is 1.58. The summed E-state index contributed by atoms with van der Waals surface area (Å²) in [5.74, 6) is 0. The molecular formula is C8H12NP. The van der Waals surface area contributed by atoms with Crippen molar-refractivity contribution in [3.8, 4) is 0 Å². The van der Waals surface area contributed by atoms with Gasteiger partial charge in [0.2, 0.25) is 0 Å². The lowest BCUT2D eigenvalue weighted by Gasteiger charge is -2.01. The highest BCUT2D eigenvalue weighted by atomic mass is 31.0. The molecule has 0 aliphatic carbocycles. The summed E-state index contributed by atoms with van der Waals surface area (Å²) in [5.41, 5.74) is 9.00. The molecule has 0 saturated carbocycles. The minimum Gasteiger partial charge on any atom is -0.399 e. The average Bonchev–Trinajstić information content (AvgIpc) is 1.95. The topological polar surface area (TPSA) is 26.0 Å². The quantitative estimate of drug-likeness (QED) is 0.484. The van der Waals surface area contributed by atoms with Crippen LogP contribution in [0, 0.1) is 6.92 Å². The van der Waals surface area contributed by atoms with Crippen molar-refractivity contribution in [3.63, 3.8) is 0 Å². The fourth-order valence-corrected chi connectivity index (χ4v) is 1.07. The molecule has 0 heterocycles. The summed E-state index contributed by atoms with van der Waals surface area (Å²) < 4.78 is 0. The Balaban J connectivity index is 3.04. The van der Waals surface area contributed by atoms with Crippen molar-refractivity contribution >= 4 is 14.9 Å². The molecule has 1 unspecified atom stereocenters. The second-order valence-electron chi connectivity index (χ2n) is 2.40. The van der Waals surface area contributed by atoms with E-state index in [1.807, 2.05) is 13.0 Å². The van der Waals surface area contributed by atoms with E-state index in [-0.39, 0.29) is 0 Å². The van der Waals surface area contributed by atoms with Gasteiger partial charge in [0.05, 0.1) is 0 Å². The Hall–Kier alpha value is -0.550. The van der Waals surface area contributed by atoms with Gasteiger partial charge in [0.1, 0.15) is 0 Å². The Bertz CT molecular complexity index is 233. The van der Waals surface area contributed by atoms with Gasteiger partial charge < -0.3 is 5.73 Å². The zero-order valence-electron chi connectivity index (χ0n) is 6.09. The van der Waals surface area contributed by atoms with Gasteiger partial charge in [-0.25, -0.2) is 0 Å². The first-order valence-electron chi connectivity index (χ1n) is 3.29. The molecule has 0 fully saturated rings. The first-order chi connectivity index (χ1) is 4.74. The monoisotopic (exact) mass is 153 g/mol. The Morgan fingerprint density at radius 1 is 1.50 bits per heavy atom. The Morgan fingerprint density at radius 3 is 2.70 bits per heavy atom. The van der Waals surface area contributed by atoms with Crippen LogP contribution in [0.25, 0.3) is 0 Å². The second-order valence-corrected chi connectivity index (χ2v) is 2.80. The molecule has 0 saturated heterocycles. The highest BCUT2D eigenvalue weighted by Gasteiger charge is 1.92. The predicted octanol–water partition coefficient (Wildman–Crippen LogP) is 1.95. The van der Waals surface area contributed by atoms with Crippen molar-refractivity contribution in [1.29, 1.82) is 0 Å². The molecule has 0 amide bonds. The van der Waals surface area contributed by atoms with E-state index in [0.29, 0.717) is 0 Å². The fraction of sp³-hybridized carbons (Fsp3) is 0.250. The van der Waals surface area contributed by atoms with E-state index in [4.69, 9.17) is 5.73 Å². The van der Waals surface area contributed by atoms with Crippen LogP contribution in [0.3, 0.4) is 0 Å². The SMILES string of the molecule is Cc1ccc(CP)cc1N. The number of nitrogens with two attached hydrogens (primary N) is 1. The van der Waals surface area contributed by atoms with Crippen LogP contribution >= 0.6 is 9.24 Å². The summed E-state index contributed by atoms with van der Waals surface area (Å²) in [5, 5.41) is 0. The van der Waals surface area contributed by atoms with Crippen molar-refractivity contribution in [2.45, 2.75) is 13.1 Å². The molecule has 10 heavy (non-hydrogen) atoms. The number of benzene rings is 1. The standard InChI is InChI=1S/C8H12NP/c1-6-2-3-7(5-10)4-8(6)9/h2-4H,5,9-10H2,1H3. The lowest BCUT2D eigenvalue weighted by atomic mass is 10.1. The zero-order valence-corrected chi connectivity index (χ0v) is 7.25. The van der Waals surface area contributed by atoms with Crippen LogP contribution in [0.4, 0.5) is 5.69 Å². The van der Waals surface area contributed by atoms with E-state index in [9.17, 15) is 0 Å². The van der Waals surface area contributed by atoms with Crippen molar-refractivity contribution < 1.29 is 0 Å². The molecule has 0 spiro atoms. The van der Waals surface area contributed by atoms with Crippen LogP contribution in [0.5, 0.6) is 0 Å². The first-order valence-corrected chi connectivity index (χ1v) is 4.11. The zero-order chi connectivity index (χ0) is 7.56. The Labute approximate surface area is 63.8 Å². The number of aryl methyl sites for hydroxylation is 1. The lowest BCUT2D eigenvalue weighted by molar-refractivity contribution is 1.37. The highest BCUT2D eigenvalue weighted by Crippen LogP contribution is 2.14. The van der Waals surface area contributed by atoms with E-state index < -0.39 is 0 Å². The van der Waals surface area contributed by atoms with E-state index >= 15 is 0 Å². The third kappa shape index (κ3) is 1.48. The lowest BCUT2D eigenvalue weighted by Crippen LogP contribution is -1.90. The van der Waals surface area contributed by atoms with E-state index in [0.717, 1.165) is 17.4 Å². The van der Waals surface area contributed by atoms with Crippen LogP contribution < -0.4 is 5.73 Å². The van der Waals surface area contributed by atoms with Gasteiger partial charge >= 0.3 is 0 Å². The summed E-state index contributed by atoms with van der Waals surface area (Å²) in [6.45, 7) is 2.02. The van der Waals surface area contributed by atoms with E-state index in [1.54, 1.807) is 0 Å². The van der Waals surface area contributed by atoms with Gasteiger partial charge in [0.25, 0.3) is 0 Å². The fourth-order valence-electron chi connectivity index (χ4n) is 0.817. The minimum atomic E-state index is 0.889. The number of rotatable bonds is 1. The minimum absolute atomic E-state index is 0.889. The van der Waals surface area contributed by atoms with Gasteiger partial charge in [0.15, 0.2) is 0 Å². The maximum absolute atomic E-state index is 5.69. The number of hydrogen-bond acceptors (Lipinski definition) is 1. The third-order valence-corrected chi connectivity index (χ3v) is 2.05. The number of hydrogen-bond donors (Lipinski definition) is 1. The molecule has 2 heteroatoms. The maximum atomic E-state index is 5.69. The summed E-state index contributed by atoms with van der Waals surface area (Å²) in [4.78, 5) is 0. The largest absolute Gasteiger partial charge is 0.399 e. The van der Waals surface area contributed by atoms with Crippen LogP contribution in [-0.4, -0.2) is 0 Å². The van der Waals surface area contributed by atoms with Crippen LogP contribution in [0.1, 0.15) is 11.1 Å². The van der Waals surface area contributed by atoms with Crippen molar-refractivity contribution in [3.05, 3.63) is 29.3 Å². The predicted molar refractivity (Wildman–Crippen MR) is 49.0 cm³/mol. The van der Waals surface area contributed by atoms with Crippen molar-refractivity contribution in [2.75, 3.05) is 5.73 Å². The summed E-state index contributed by atoms with van der Waals surface area (Å²) >= 11 is 0. The van der Waals surface area contributed by atoms with Crippen molar-refractivity contribution in [1.82, 2.24) is 0 Å². The van der Waals surface area contributed by atoms with E-state index in [1.165, 1.54) is 5.56 Å². The van der Waals surface area contributed by atoms with Gasteiger partial charge in [-0.2, -0.15) is 0 Å². The molecule has 0 radical (unpaired) electrons. The molecule has 1 aromatic carbocycles. The summed E-state index contributed by atoms with van der Waals surface area (Å²) in [6.07, 6.45) is 0.977. The molecule has 1 aromatic rings. The second kappa shape index (κ2) is 3.03. The average molecular weight is 153 g/mol. The first kappa shape index (κ1) is 7.56. The number of nitrogen functional groups attached to an aromatic ring is 1. The molecule has 2 N–H and O–H groups in total. The molecule has 0 bridgehead atoms. The van der Waals surface area contributed by atoms with Gasteiger partial charge in [-0.3, -0.25) is 0 Å². The molecule has 0 aliphatic heterocycles. The molecule has 0 aliphatic rings. The van der Waals surface area contributed by atoms with Crippen LogP contribution in [0.2, 0.25) is 0 Å². The van der Waals surface area contributed by atoms with Crippen molar-refractivity contribution in [2.24, 2.45) is 0 Å². The molecule has 54 valence electrons. The summed E-state index contributed by atoms with van der Waals surface area (Å²) in [7, 11) is 2.68. The normalized spacial score (nSPS) is 9.80. The smallest absolute Gasteiger partial charge is 0.0346 e. The molecular weight excluding hydrogens is 141 g/mol. The number of anilines is 1. The van der Waals surface area contributed by atoms with Gasteiger partial charge in [0, 0.05) is 5.69 Å². The molecule has 1 nitrogen and oxygen atoms in total. The maximum Gasteiger partial charge on any atom is 0.0346 e. The summed E-state index contributed by atoms with van der Waals surface area (Å²) in [6, 6.07) is 6.16. The highest BCUT2D eigenvalue weighted by molar-refractivity contribution is 7.15. The van der Waals surface area contributed by atoms with Crippen LogP contribution in [0.15, 0.2) is 18.2 Å². The molecule has 0 aromatic heterocycles. The van der Waals surface area contributed by atoms with Gasteiger partial charge in [-0.15, -0.1) is 9.24 Å². The Kier molecular flexibility index (Phi) is 2.29. The molecule has 1 rings (SSSR count). The molecule has 1 atom stereocenters.